The number of nitrogens with one attached hydrogen (secondary N) is 2. The summed E-state index contributed by atoms with van der Waals surface area (Å²) in [6.07, 6.45) is 4.56. The number of anilines is 1. The molecule has 0 radical (unpaired) electrons. The topological polar surface area (TPSA) is 93.0 Å². The van der Waals surface area contributed by atoms with E-state index in [1.807, 2.05) is 0 Å². The van der Waals surface area contributed by atoms with Gasteiger partial charge < -0.3 is 15.8 Å². The number of carbonyl (C=O) groups excluding carboxylic acids is 1. The number of ether oxygens (including phenoxy) is 1. The summed E-state index contributed by atoms with van der Waals surface area (Å²) in [7, 11) is 0. The van der Waals surface area contributed by atoms with Crippen molar-refractivity contribution >= 4 is 24.0 Å². The Morgan fingerprint density at radius 2 is 2.29 bits per heavy atom. The van der Waals surface area contributed by atoms with Gasteiger partial charge >= 0.3 is 0 Å². The van der Waals surface area contributed by atoms with Crippen molar-refractivity contribution in [3.05, 3.63) is 12.4 Å². The van der Waals surface area contributed by atoms with Gasteiger partial charge in [0.25, 0.3) is 0 Å². The second-order valence-corrected chi connectivity index (χ2v) is 4.04. The second kappa shape index (κ2) is 6.00. The predicted molar refractivity (Wildman–Crippen MR) is 66.0 cm³/mol. The van der Waals surface area contributed by atoms with Gasteiger partial charge in [-0.05, 0) is 12.8 Å². The molecular formula is C10H17ClN4O2. The van der Waals surface area contributed by atoms with Crippen molar-refractivity contribution in [3.8, 4) is 0 Å². The first kappa shape index (κ1) is 14.0. The van der Waals surface area contributed by atoms with E-state index in [4.69, 9.17) is 10.5 Å². The van der Waals surface area contributed by atoms with Crippen LogP contribution in [-0.2, 0) is 9.53 Å². The molecular weight excluding hydrogens is 244 g/mol. The number of H-pyrrole nitrogens is 1. The molecule has 2 heterocycles. The van der Waals surface area contributed by atoms with Crippen LogP contribution in [0.3, 0.4) is 0 Å². The van der Waals surface area contributed by atoms with Crippen LogP contribution in [0.15, 0.2) is 12.4 Å². The first-order chi connectivity index (χ1) is 7.77. The van der Waals surface area contributed by atoms with Crippen molar-refractivity contribution in [1.82, 2.24) is 10.2 Å². The minimum absolute atomic E-state index is 0. The molecule has 2 rings (SSSR count). The molecule has 0 aromatic carbocycles. The van der Waals surface area contributed by atoms with E-state index in [0.29, 0.717) is 38.3 Å². The molecule has 0 saturated carbocycles. The van der Waals surface area contributed by atoms with Crippen LogP contribution in [0.25, 0.3) is 0 Å². The Kier molecular flexibility index (Phi) is 4.92. The van der Waals surface area contributed by atoms with Gasteiger partial charge in [0.1, 0.15) is 0 Å². The van der Waals surface area contributed by atoms with Crippen molar-refractivity contribution in [3.63, 3.8) is 0 Å². The Labute approximate surface area is 106 Å². The van der Waals surface area contributed by atoms with Crippen LogP contribution >= 0.6 is 12.4 Å². The summed E-state index contributed by atoms with van der Waals surface area (Å²) in [5.41, 5.74) is 5.91. The summed E-state index contributed by atoms with van der Waals surface area (Å²) in [5.74, 6) is -0.0419. The number of amides is 1. The van der Waals surface area contributed by atoms with E-state index in [9.17, 15) is 4.79 Å². The molecule has 1 aromatic rings. The Morgan fingerprint density at radius 1 is 1.59 bits per heavy atom. The van der Waals surface area contributed by atoms with Crippen LogP contribution < -0.4 is 11.1 Å². The average molecular weight is 261 g/mol. The molecule has 0 aliphatic carbocycles. The number of carbonyl (C=O) groups is 1. The van der Waals surface area contributed by atoms with Gasteiger partial charge in [0.05, 0.1) is 17.3 Å². The van der Waals surface area contributed by atoms with Gasteiger partial charge in [0, 0.05) is 26.0 Å². The van der Waals surface area contributed by atoms with E-state index in [1.54, 1.807) is 12.4 Å². The van der Waals surface area contributed by atoms with Gasteiger partial charge in [0.15, 0.2) is 0 Å². The minimum atomic E-state index is -0.491. The molecule has 1 saturated heterocycles. The maximum Gasteiger partial charge on any atom is 0.232 e. The molecule has 0 unspecified atom stereocenters. The third-order valence-corrected chi connectivity index (χ3v) is 3.08. The van der Waals surface area contributed by atoms with Crippen molar-refractivity contribution in [2.45, 2.75) is 12.8 Å². The molecule has 7 heteroatoms. The molecule has 17 heavy (non-hydrogen) atoms. The SMILES string of the molecule is Cl.NCC1(C(=O)Nc2cn[nH]c2)CCOCC1. The van der Waals surface area contributed by atoms with E-state index >= 15 is 0 Å². The molecule has 0 bridgehead atoms. The Hall–Kier alpha value is -1.11. The van der Waals surface area contributed by atoms with Gasteiger partial charge in [-0.1, -0.05) is 0 Å². The monoisotopic (exact) mass is 260 g/mol. The zero-order valence-corrected chi connectivity index (χ0v) is 10.3. The lowest BCUT2D eigenvalue weighted by Crippen LogP contribution is -2.46. The number of nitrogens with zero attached hydrogens (tertiary/aromatic N) is 1. The van der Waals surface area contributed by atoms with Crippen LogP contribution in [0.1, 0.15) is 12.8 Å². The lowest BCUT2D eigenvalue weighted by atomic mass is 9.79. The van der Waals surface area contributed by atoms with Gasteiger partial charge in [0.2, 0.25) is 5.91 Å². The molecule has 1 aliphatic rings. The van der Waals surface area contributed by atoms with Crippen LogP contribution in [0.4, 0.5) is 5.69 Å². The lowest BCUT2D eigenvalue weighted by molar-refractivity contribution is -0.130. The van der Waals surface area contributed by atoms with Gasteiger partial charge in [-0.3, -0.25) is 9.89 Å². The Balaban J connectivity index is 0.00000144. The average Bonchev–Trinajstić information content (AvgIpc) is 2.82. The highest BCUT2D eigenvalue weighted by molar-refractivity contribution is 5.95. The molecule has 1 aromatic heterocycles. The largest absolute Gasteiger partial charge is 0.381 e. The predicted octanol–water partition coefficient (Wildman–Crippen LogP) is 0.525. The fourth-order valence-electron chi connectivity index (χ4n) is 1.87. The highest BCUT2D eigenvalue weighted by Crippen LogP contribution is 2.30. The molecule has 6 nitrogen and oxygen atoms in total. The summed E-state index contributed by atoms with van der Waals surface area (Å²) in [5, 5.41) is 9.24. The summed E-state index contributed by atoms with van der Waals surface area (Å²) >= 11 is 0. The highest BCUT2D eigenvalue weighted by atomic mass is 35.5. The summed E-state index contributed by atoms with van der Waals surface area (Å²) in [4.78, 5) is 12.1. The van der Waals surface area contributed by atoms with Gasteiger partial charge in [-0.2, -0.15) is 5.10 Å². The van der Waals surface area contributed by atoms with Crippen molar-refractivity contribution < 1.29 is 9.53 Å². The third kappa shape index (κ3) is 2.96. The van der Waals surface area contributed by atoms with E-state index in [-0.39, 0.29) is 18.3 Å². The molecule has 1 amide bonds. The van der Waals surface area contributed by atoms with Crippen molar-refractivity contribution in [1.29, 1.82) is 0 Å². The zero-order chi connectivity index (χ0) is 11.4. The maximum atomic E-state index is 12.1. The maximum absolute atomic E-state index is 12.1. The lowest BCUT2D eigenvalue weighted by Gasteiger charge is -2.34. The first-order valence-corrected chi connectivity index (χ1v) is 5.35. The Morgan fingerprint density at radius 3 is 2.82 bits per heavy atom. The van der Waals surface area contributed by atoms with Crippen LogP contribution in [0.5, 0.6) is 0 Å². The highest BCUT2D eigenvalue weighted by Gasteiger charge is 2.38. The van der Waals surface area contributed by atoms with Crippen molar-refractivity contribution in [2.24, 2.45) is 11.1 Å². The number of hydrogen-bond donors (Lipinski definition) is 3. The normalized spacial score (nSPS) is 18.2. The number of halogens is 1. The number of hydrogen-bond acceptors (Lipinski definition) is 4. The molecule has 1 aliphatic heterocycles. The van der Waals surface area contributed by atoms with Gasteiger partial charge in [-0.15, -0.1) is 12.4 Å². The van der Waals surface area contributed by atoms with Gasteiger partial charge in [-0.25, -0.2) is 0 Å². The number of rotatable bonds is 3. The quantitative estimate of drug-likeness (QED) is 0.739. The molecule has 0 atom stereocenters. The van der Waals surface area contributed by atoms with E-state index in [1.165, 1.54) is 0 Å². The van der Waals surface area contributed by atoms with Crippen molar-refractivity contribution in [2.75, 3.05) is 25.1 Å². The third-order valence-electron chi connectivity index (χ3n) is 3.08. The first-order valence-electron chi connectivity index (χ1n) is 5.35. The van der Waals surface area contributed by atoms with E-state index < -0.39 is 5.41 Å². The molecule has 96 valence electrons. The minimum Gasteiger partial charge on any atom is -0.381 e. The van der Waals surface area contributed by atoms with E-state index in [0.717, 1.165) is 0 Å². The molecule has 4 N–H and O–H groups in total. The molecule has 0 spiro atoms. The number of aromatic nitrogens is 2. The molecule has 1 fully saturated rings. The summed E-state index contributed by atoms with van der Waals surface area (Å²) < 4.78 is 5.26. The standard InChI is InChI=1S/C10H16N4O2.ClH/c11-7-10(1-3-16-4-2-10)9(15)14-8-5-12-13-6-8;/h5-6H,1-4,7,11H2,(H,12,13)(H,14,15);1H. The number of nitrogens with two attached hydrogens (primary N) is 1. The second-order valence-electron chi connectivity index (χ2n) is 4.04. The van der Waals surface area contributed by atoms with Crippen LogP contribution in [0.2, 0.25) is 0 Å². The summed E-state index contributed by atoms with van der Waals surface area (Å²) in [6.45, 7) is 1.53. The Bertz CT molecular complexity index is 349. The fourth-order valence-corrected chi connectivity index (χ4v) is 1.87. The van der Waals surface area contributed by atoms with E-state index in [2.05, 4.69) is 15.5 Å². The smallest absolute Gasteiger partial charge is 0.232 e. The van der Waals surface area contributed by atoms with Crippen LogP contribution in [0, 0.1) is 5.41 Å². The fraction of sp³-hybridized carbons (Fsp3) is 0.600. The summed E-state index contributed by atoms with van der Waals surface area (Å²) in [6, 6.07) is 0. The number of aromatic amines is 1. The van der Waals surface area contributed by atoms with Crippen LogP contribution in [-0.4, -0.2) is 35.9 Å². The zero-order valence-electron chi connectivity index (χ0n) is 9.44.